The molecule has 5 nitrogen and oxygen atoms in total. The highest BCUT2D eigenvalue weighted by Crippen LogP contribution is 2.18. The molecule has 122 valence electrons. The van der Waals surface area contributed by atoms with Gasteiger partial charge in [0.05, 0.1) is 17.9 Å². The number of ether oxygens (including phenoxy) is 1. The molecule has 1 aromatic carbocycles. The Kier molecular flexibility index (Phi) is 6.40. The predicted octanol–water partition coefficient (Wildman–Crippen LogP) is 3.09. The first-order valence-corrected chi connectivity index (χ1v) is 8.80. The zero-order chi connectivity index (χ0) is 16.7. The Morgan fingerprint density at radius 1 is 1.30 bits per heavy atom. The molecule has 0 aliphatic carbocycles. The number of thioether (sulfide) groups is 1. The summed E-state index contributed by atoms with van der Waals surface area (Å²) >= 11 is 1.47. The van der Waals surface area contributed by atoms with Gasteiger partial charge >= 0.3 is 0 Å². The van der Waals surface area contributed by atoms with Crippen molar-refractivity contribution in [3.8, 4) is 5.75 Å². The summed E-state index contributed by atoms with van der Waals surface area (Å²) in [6.45, 7) is 4.92. The molecule has 0 saturated heterocycles. The molecule has 2 aromatic rings. The lowest BCUT2D eigenvalue weighted by Crippen LogP contribution is -2.25. The minimum Gasteiger partial charge on any atom is -0.494 e. The van der Waals surface area contributed by atoms with Gasteiger partial charge in [0.2, 0.25) is 0 Å². The number of rotatable bonds is 7. The smallest absolute Gasteiger partial charge is 0.254 e. The Bertz CT molecular complexity index is 677. The zero-order valence-electron chi connectivity index (χ0n) is 13.6. The molecule has 0 aliphatic rings. The van der Waals surface area contributed by atoms with Crippen molar-refractivity contribution < 1.29 is 9.53 Å². The standard InChI is InChI=1S/C17H21N3O2S/c1-4-14-13(11-19-17(20-14)23-3)16(21)18-10-12-8-6-7-9-15(12)22-5-2/h6-9,11H,4-5,10H2,1-3H3,(H,18,21). The summed E-state index contributed by atoms with van der Waals surface area (Å²) in [6.07, 6.45) is 4.20. The second-order valence-electron chi connectivity index (χ2n) is 4.79. The molecule has 23 heavy (non-hydrogen) atoms. The minimum atomic E-state index is -0.166. The summed E-state index contributed by atoms with van der Waals surface area (Å²) in [6, 6.07) is 7.69. The molecule has 1 aromatic heterocycles. The molecule has 0 atom stereocenters. The lowest BCUT2D eigenvalue weighted by molar-refractivity contribution is 0.0948. The molecular weight excluding hydrogens is 310 g/mol. The predicted molar refractivity (Wildman–Crippen MR) is 92.0 cm³/mol. The number of aryl methyl sites for hydroxylation is 1. The van der Waals surface area contributed by atoms with Gasteiger partial charge in [0.1, 0.15) is 5.75 Å². The van der Waals surface area contributed by atoms with Gasteiger partial charge in [0.15, 0.2) is 5.16 Å². The zero-order valence-corrected chi connectivity index (χ0v) is 14.4. The van der Waals surface area contributed by atoms with Gasteiger partial charge in [-0.15, -0.1) is 0 Å². The maximum absolute atomic E-state index is 12.4. The maximum atomic E-state index is 12.4. The summed E-state index contributed by atoms with van der Waals surface area (Å²) in [7, 11) is 0. The van der Waals surface area contributed by atoms with Crippen molar-refractivity contribution >= 4 is 17.7 Å². The Labute approximate surface area is 140 Å². The van der Waals surface area contributed by atoms with Gasteiger partial charge in [-0.2, -0.15) is 0 Å². The molecule has 1 N–H and O–H groups in total. The number of aromatic nitrogens is 2. The van der Waals surface area contributed by atoms with Crippen molar-refractivity contribution in [2.75, 3.05) is 12.9 Å². The van der Waals surface area contributed by atoms with E-state index in [9.17, 15) is 4.79 Å². The van der Waals surface area contributed by atoms with Gasteiger partial charge in [-0.3, -0.25) is 4.79 Å². The Balaban J connectivity index is 2.11. The van der Waals surface area contributed by atoms with Crippen LogP contribution in [0.5, 0.6) is 5.75 Å². The lowest BCUT2D eigenvalue weighted by Gasteiger charge is -2.12. The van der Waals surface area contributed by atoms with Gasteiger partial charge in [-0.1, -0.05) is 36.9 Å². The molecule has 1 heterocycles. The second kappa shape index (κ2) is 8.53. The second-order valence-corrected chi connectivity index (χ2v) is 5.57. The normalized spacial score (nSPS) is 10.4. The Morgan fingerprint density at radius 2 is 2.09 bits per heavy atom. The van der Waals surface area contributed by atoms with Crippen LogP contribution in [0.3, 0.4) is 0 Å². The van der Waals surface area contributed by atoms with Crippen LogP contribution in [-0.2, 0) is 13.0 Å². The average Bonchev–Trinajstić information content (AvgIpc) is 2.60. The highest BCUT2D eigenvalue weighted by atomic mass is 32.2. The first-order chi connectivity index (χ1) is 11.2. The van der Waals surface area contributed by atoms with E-state index in [1.54, 1.807) is 6.20 Å². The molecule has 0 fully saturated rings. The van der Waals surface area contributed by atoms with Gasteiger partial charge in [0, 0.05) is 18.3 Å². The fourth-order valence-corrected chi connectivity index (χ4v) is 2.53. The highest BCUT2D eigenvalue weighted by Gasteiger charge is 2.14. The Morgan fingerprint density at radius 3 is 2.78 bits per heavy atom. The molecule has 6 heteroatoms. The summed E-state index contributed by atoms with van der Waals surface area (Å²) < 4.78 is 5.57. The van der Waals surface area contributed by atoms with Crippen molar-refractivity contribution in [2.45, 2.75) is 32.0 Å². The molecular formula is C17H21N3O2S. The van der Waals surface area contributed by atoms with Crippen molar-refractivity contribution in [1.82, 2.24) is 15.3 Å². The molecule has 0 aliphatic heterocycles. The highest BCUT2D eigenvalue weighted by molar-refractivity contribution is 7.98. The molecule has 2 rings (SSSR count). The Hall–Kier alpha value is -2.08. The number of benzene rings is 1. The fourth-order valence-electron chi connectivity index (χ4n) is 2.17. The molecule has 0 saturated carbocycles. The summed E-state index contributed by atoms with van der Waals surface area (Å²) in [5.41, 5.74) is 2.24. The van der Waals surface area contributed by atoms with Crippen LogP contribution in [-0.4, -0.2) is 28.7 Å². The number of hydrogen-bond acceptors (Lipinski definition) is 5. The van der Waals surface area contributed by atoms with E-state index in [0.717, 1.165) is 17.0 Å². The van der Waals surface area contributed by atoms with Gasteiger partial charge in [-0.25, -0.2) is 9.97 Å². The van der Waals surface area contributed by atoms with E-state index in [1.165, 1.54) is 11.8 Å². The molecule has 0 bridgehead atoms. The van der Waals surface area contributed by atoms with E-state index < -0.39 is 0 Å². The lowest BCUT2D eigenvalue weighted by atomic mass is 10.1. The number of para-hydroxylation sites is 1. The van der Waals surface area contributed by atoms with E-state index in [2.05, 4.69) is 15.3 Å². The molecule has 0 spiro atoms. The number of hydrogen-bond donors (Lipinski definition) is 1. The van der Waals surface area contributed by atoms with Crippen molar-refractivity contribution in [1.29, 1.82) is 0 Å². The van der Waals surface area contributed by atoms with Crippen LogP contribution in [0.25, 0.3) is 0 Å². The quantitative estimate of drug-likeness (QED) is 0.624. The number of nitrogens with one attached hydrogen (secondary N) is 1. The molecule has 0 radical (unpaired) electrons. The number of carbonyl (C=O) groups is 1. The number of carbonyl (C=O) groups excluding carboxylic acids is 1. The van der Waals surface area contributed by atoms with Crippen molar-refractivity contribution in [2.24, 2.45) is 0 Å². The topological polar surface area (TPSA) is 64.1 Å². The van der Waals surface area contributed by atoms with Gasteiger partial charge in [-0.05, 0) is 25.7 Å². The first-order valence-electron chi connectivity index (χ1n) is 7.58. The average molecular weight is 331 g/mol. The fraction of sp³-hybridized carbons (Fsp3) is 0.353. The number of amides is 1. The number of nitrogens with zero attached hydrogens (tertiary/aromatic N) is 2. The molecule has 0 unspecified atom stereocenters. The van der Waals surface area contributed by atoms with E-state index in [0.29, 0.717) is 30.3 Å². The van der Waals surface area contributed by atoms with Crippen LogP contribution in [0.2, 0.25) is 0 Å². The van der Waals surface area contributed by atoms with Crippen LogP contribution in [0.1, 0.15) is 35.5 Å². The SMILES string of the molecule is CCOc1ccccc1CNC(=O)c1cnc(SC)nc1CC. The van der Waals surface area contributed by atoms with Crippen LogP contribution in [0.15, 0.2) is 35.6 Å². The summed E-state index contributed by atoms with van der Waals surface area (Å²) in [5, 5.41) is 3.60. The van der Waals surface area contributed by atoms with Crippen LogP contribution < -0.4 is 10.1 Å². The summed E-state index contributed by atoms with van der Waals surface area (Å²) in [5.74, 6) is 0.626. The van der Waals surface area contributed by atoms with E-state index in [-0.39, 0.29) is 5.91 Å². The van der Waals surface area contributed by atoms with Crippen molar-refractivity contribution in [3.05, 3.63) is 47.3 Å². The van der Waals surface area contributed by atoms with Crippen LogP contribution in [0.4, 0.5) is 0 Å². The molecule has 1 amide bonds. The van der Waals surface area contributed by atoms with E-state index in [1.807, 2.05) is 44.4 Å². The third-order valence-corrected chi connectivity index (χ3v) is 3.88. The van der Waals surface area contributed by atoms with Gasteiger partial charge < -0.3 is 10.1 Å². The summed E-state index contributed by atoms with van der Waals surface area (Å²) in [4.78, 5) is 21.0. The third kappa shape index (κ3) is 4.45. The largest absolute Gasteiger partial charge is 0.494 e. The van der Waals surface area contributed by atoms with Crippen LogP contribution >= 0.6 is 11.8 Å². The van der Waals surface area contributed by atoms with E-state index >= 15 is 0 Å². The third-order valence-electron chi connectivity index (χ3n) is 3.32. The van der Waals surface area contributed by atoms with Crippen LogP contribution in [0, 0.1) is 0 Å². The minimum absolute atomic E-state index is 0.166. The van der Waals surface area contributed by atoms with E-state index in [4.69, 9.17) is 4.74 Å². The van der Waals surface area contributed by atoms with Gasteiger partial charge in [0.25, 0.3) is 5.91 Å². The first kappa shape index (κ1) is 17.3. The monoisotopic (exact) mass is 331 g/mol. The van der Waals surface area contributed by atoms with Crippen molar-refractivity contribution in [3.63, 3.8) is 0 Å². The maximum Gasteiger partial charge on any atom is 0.254 e.